The fourth-order valence-electron chi connectivity index (χ4n) is 1.65. The van der Waals surface area contributed by atoms with E-state index in [1.165, 1.54) is 7.11 Å². The van der Waals surface area contributed by atoms with Crippen LogP contribution in [0.4, 0.5) is 0 Å². The Labute approximate surface area is 95.3 Å². The van der Waals surface area contributed by atoms with Crippen LogP contribution in [0.2, 0.25) is 0 Å². The molecule has 0 radical (unpaired) electrons. The van der Waals surface area contributed by atoms with Crippen LogP contribution in [0.15, 0.2) is 6.07 Å². The summed E-state index contributed by atoms with van der Waals surface area (Å²) in [4.78, 5) is 11.8. The number of aryl methyl sites for hydroxylation is 1. The summed E-state index contributed by atoms with van der Waals surface area (Å²) in [6, 6.07) is 1.85. The molecular formula is C12H17NO3. The van der Waals surface area contributed by atoms with E-state index < -0.39 is 0 Å². The maximum absolute atomic E-state index is 11.8. The molecule has 88 valence electrons. The summed E-state index contributed by atoms with van der Waals surface area (Å²) in [5.41, 5.74) is 7.77. The molecular weight excluding hydrogens is 206 g/mol. The number of ketones is 1. The Morgan fingerprint density at radius 2 is 1.94 bits per heavy atom. The van der Waals surface area contributed by atoms with E-state index >= 15 is 0 Å². The van der Waals surface area contributed by atoms with Gasteiger partial charge in [-0.1, -0.05) is 0 Å². The summed E-state index contributed by atoms with van der Waals surface area (Å²) in [6.07, 6.45) is 0. The average molecular weight is 223 g/mol. The number of carbonyl (C=O) groups is 1. The summed E-state index contributed by atoms with van der Waals surface area (Å²) >= 11 is 0. The first kappa shape index (κ1) is 12.5. The van der Waals surface area contributed by atoms with Crippen molar-refractivity contribution in [2.45, 2.75) is 13.8 Å². The summed E-state index contributed by atoms with van der Waals surface area (Å²) in [5, 5.41) is 0. The molecule has 2 N–H and O–H groups in total. The van der Waals surface area contributed by atoms with Crippen molar-refractivity contribution in [1.29, 1.82) is 0 Å². The SMILES string of the molecule is COc1cc(C)c(C)c(C(=O)CN)c1OC. The third kappa shape index (κ3) is 2.02. The van der Waals surface area contributed by atoms with E-state index in [-0.39, 0.29) is 12.3 Å². The monoisotopic (exact) mass is 223 g/mol. The largest absolute Gasteiger partial charge is 0.493 e. The molecule has 0 amide bonds. The molecule has 0 atom stereocenters. The topological polar surface area (TPSA) is 61.5 Å². The van der Waals surface area contributed by atoms with E-state index in [1.807, 2.05) is 19.9 Å². The lowest BCUT2D eigenvalue weighted by Gasteiger charge is -2.16. The third-order valence-corrected chi connectivity index (χ3v) is 2.65. The molecule has 4 nitrogen and oxygen atoms in total. The van der Waals surface area contributed by atoms with E-state index in [2.05, 4.69) is 0 Å². The number of benzene rings is 1. The molecule has 0 fully saturated rings. The van der Waals surface area contributed by atoms with Crippen LogP contribution < -0.4 is 15.2 Å². The third-order valence-electron chi connectivity index (χ3n) is 2.65. The molecule has 16 heavy (non-hydrogen) atoms. The predicted octanol–water partition coefficient (Wildman–Crippen LogP) is 1.46. The van der Waals surface area contributed by atoms with Gasteiger partial charge in [0.05, 0.1) is 26.3 Å². The van der Waals surface area contributed by atoms with Crippen LogP contribution in [0.25, 0.3) is 0 Å². The van der Waals surface area contributed by atoms with Crippen molar-refractivity contribution in [3.63, 3.8) is 0 Å². The number of Topliss-reactive ketones (excluding diaryl/α,β-unsaturated/α-hetero) is 1. The second-order valence-corrected chi connectivity index (χ2v) is 3.56. The van der Waals surface area contributed by atoms with Gasteiger partial charge in [0.25, 0.3) is 0 Å². The van der Waals surface area contributed by atoms with E-state index in [0.717, 1.165) is 11.1 Å². The second-order valence-electron chi connectivity index (χ2n) is 3.56. The van der Waals surface area contributed by atoms with Gasteiger partial charge in [0, 0.05) is 0 Å². The highest BCUT2D eigenvalue weighted by atomic mass is 16.5. The molecule has 0 spiro atoms. The Kier molecular flexibility index (Phi) is 3.90. The van der Waals surface area contributed by atoms with E-state index in [0.29, 0.717) is 17.1 Å². The zero-order chi connectivity index (χ0) is 12.3. The molecule has 1 aromatic rings. The zero-order valence-corrected chi connectivity index (χ0v) is 10.1. The molecule has 0 aliphatic carbocycles. The fourth-order valence-corrected chi connectivity index (χ4v) is 1.65. The van der Waals surface area contributed by atoms with Gasteiger partial charge in [-0.05, 0) is 31.0 Å². The van der Waals surface area contributed by atoms with Crippen molar-refractivity contribution in [1.82, 2.24) is 0 Å². The van der Waals surface area contributed by atoms with Crippen LogP contribution in [-0.2, 0) is 0 Å². The maximum Gasteiger partial charge on any atom is 0.180 e. The zero-order valence-electron chi connectivity index (χ0n) is 10.1. The van der Waals surface area contributed by atoms with Crippen LogP contribution in [0.3, 0.4) is 0 Å². The number of nitrogens with two attached hydrogens (primary N) is 1. The van der Waals surface area contributed by atoms with E-state index in [4.69, 9.17) is 15.2 Å². The molecule has 0 aliphatic heterocycles. The van der Waals surface area contributed by atoms with E-state index in [1.54, 1.807) is 7.11 Å². The minimum atomic E-state index is -0.142. The van der Waals surface area contributed by atoms with Gasteiger partial charge in [-0.2, -0.15) is 0 Å². The maximum atomic E-state index is 11.8. The first-order valence-corrected chi connectivity index (χ1v) is 5.02. The summed E-state index contributed by atoms with van der Waals surface area (Å²) < 4.78 is 10.4. The molecule has 0 aliphatic rings. The number of rotatable bonds is 4. The number of methoxy groups -OCH3 is 2. The molecule has 1 rings (SSSR count). The van der Waals surface area contributed by atoms with Gasteiger partial charge in [-0.25, -0.2) is 0 Å². The molecule has 0 saturated carbocycles. The molecule has 4 heteroatoms. The van der Waals surface area contributed by atoms with Crippen molar-refractivity contribution >= 4 is 5.78 Å². The number of hydrogen-bond donors (Lipinski definition) is 1. The second kappa shape index (κ2) is 4.99. The number of hydrogen-bond acceptors (Lipinski definition) is 4. The Hall–Kier alpha value is -1.55. The van der Waals surface area contributed by atoms with Gasteiger partial charge in [0.2, 0.25) is 0 Å². The molecule has 0 saturated heterocycles. The molecule has 0 bridgehead atoms. The summed E-state index contributed by atoms with van der Waals surface area (Å²) in [5.74, 6) is 0.875. The smallest absolute Gasteiger partial charge is 0.180 e. The lowest BCUT2D eigenvalue weighted by atomic mass is 9.98. The molecule has 0 heterocycles. The van der Waals surface area contributed by atoms with Crippen molar-refractivity contribution < 1.29 is 14.3 Å². The van der Waals surface area contributed by atoms with Gasteiger partial charge in [-0.15, -0.1) is 0 Å². The minimum absolute atomic E-state index is 0.0379. The van der Waals surface area contributed by atoms with Crippen LogP contribution >= 0.6 is 0 Å². The molecule has 1 aromatic carbocycles. The predicted molar refractivity (Wildman–Crippen MR) is 62.4 cm³/mol. The highest BCUT2D eigenvalue weighted by Crippen LogP contribution is 2.35. The Morgan fingerprint density at radius 3 is 2.38 bits per heavy atom. The summed E-state index contributed by atoms with van der Waals surface area (Å²) in [7, 11) is 3.06. The average Bonchev–Trinajstić information content (AvgIpc) is 2.30. The Balaban J connectivity index is 3.53. The van der Waals surface area contributed by atoms with Crippen LogP contribution in [-0.4, -0.2) is 26.5 Å². The molecule has 0 unspecified atom stereocenters. The van der Waals surface area contributed by atoms with Crippen LogP contribution in [0, 0.1) is 13.8 Å². The Morgan fingerprint density at radius 1 is 1.31 bits per heavy atom. The van der Waals surface area contributed by atoms with E-state index in [9.17, 15) is 4.79 Å². The van der Waals surface area contributed by atoms with Crippen molar-refractivity contribution in [3.05, 3.63) is 22.8 Å². The first-order chi connectivity index (χ1) is 7.56. The lowest BCUT2D eigenvalue weighted by molar-refractivity contribution is 0.0997. The number of ether oxygens (including phenoxy) is 2. The minimum Gasteiger partial charge on any atom is -0.493 e. The van der Waals surface area contributed by atoms with Gasteiger partial charge < -0.3 is 15.2 Å². The van der Waals surface area contributed by atoms with Crippen LogP contribution in [0.1, 0.15) is 21.5 Å². The normalized spacial score (nSPS) is 10.1. The Bertz CT molecular complexity index is 413. The van der Waals surface area contributed by atoms with Gasteiger partial charge in [0.15, 0.2) is 17.3 Å². The first-order valence-electron chi connectivity index (χ1n) is 5.02. The quantitative estimate of drug-likeness (QED) is 0.785. The van der Waals surface area contributed by atoms with Gasteiger partial charge >= 0.3 is 0 Å². The van der Waals surface area contributed by atoms with Crippen LogP contribution in [0.5, 0.6) is 11.5 Å². The fraction of sp³-hybridized carbons (Fsp3) is 0.417. The van der Waals surface area contributed by atoms with Crippen molar-refractivity contribution in [3.8, 4) is 11.5 Å². The molecule has 0 aromatic heterocycles. The van der Waals surface area contributed by atoms with Crippen molar-refractivity contribution in [2.75, 3.05) is 20.8 Å². The van der Waals surface area contributed by atoms with Gasteiger partial charge in [-0.3, -0.25) is 4.79 Å². The van der Waals surface area contributed by atoms with Crippen molar-refractivity contribution in [2.24, 2.45) is 5.73 Å². The summed E-state index contributed by atoms with van der Waals surface area (Å²) in [6.45, 7) is 3.76. The number of carbonyl (C=O) groups excluding carboxylic acids is 1. The highest BCUT2D eigenvalue weighted by molar-refractivity contribution is 6.02. The highest BCUT2D eigenvalue weighted by Gasteiger charge is 2.20. The lowest BCUT2D eigenvalue weighted by Crippen LogP contribution is -2.17. The van der Waals surface area contributed by atoms with Gasteiger partial charge in [0.1, 0.15) is 0 Å². The standard InChI is InChI=1S/C12H17NO3/c1-7-5-10(15-3)12(16-4)11(8(7)2)9(14)6-13/h5H,6,13H2,1-4H3.